The van der Waals surface area contributed by atoms with Crippen molar-refractivity contribution in [2.75, 3.05) is 21.1 Å². The molecule has 2 aromatic heterocycles. The van der Waals surface area contributed by atoms with Gasteiger partial charge < -0.3 is 19.7 Å². The van der Waals surface area contributed by atoms with Crippen molar-refractivity contribution >= 4 is 37.7 Å². The molecule has 0 bridgehead atoms. The second-order valence-electron chi connectivity index (χ2n) is 7.27. The number of aromatic nitrogens is 2. The zero-order chi connectivity index (χ0) is 19.7. The first kappa shape index (κ1) is 18.9. The second kappa shape index (κ2) is 7.89. The van der Waals surface area contributed by atoms with Gasteiger partial charge in [0.15, 0.2) is 0 Å². The smallest absolute Gasteiger partial charge is 0.412 e. The van der Waals surface area contributed by atoms with Gasteiger partial charge in [0.2, 0.25) is 5.88 Å². The standard InChI is InChI=1S/C20H24N4O3S/c1-21-20(25)27-14-8-9-16-15(10-14)17-18(22-11-23-19(17)28-16)26-13-6-4-12(5-7-13)24(2)3/h8-13H,4-7H2,1-3H3,(H,21,25)/t12-,13-. The predicted octanol–water partition coefficient (Wildman–Crippen LogP) is 3.81. The summed E-state index contributed by atoms with van der Waals surface area (Å²) in [4.78, 5) is 23.5. The SMILES string of the molecule is CNC(=O)Oc1ccc2sc3ncnc(O[C@H]4CC[C@H](N(C)C)CC4)c3c2c1. The number of ether oxygens (including phenoxy) is 2. The van der Waals surface area contributed by atoms with Crippen molar-refractivity contribution in [3.63, 3.8) is 0 Å². The topological polar surface area (TPSA) is 76.6 Å². The molecule has 0 aliphatic heterocycles. The third-order valence-electron chi connectivity index (χ3n) is 5.27. The number of nitrogens with zero attached hydrogens (tertiary/aromatic N) is 3. The van der Waals surface area contributed by atoms with E-state index in [-0.39, 0.29) is 6.10 Å². The summed E-state index contributed by atoms with van der Waals surface area (Å²) in [5, 5.41) is 4.29. The number of hydrogen-bond acceptors (Lipinski definition) is 7. The zero-order valence-corrected chi connectivity index (χ0v) is 17.1. The van der Waals surface area contributed by atoms with Gasteiger partial charge in [0.1, 0.15) is 23.0 Å². The van der Waals surface area contributed by atoms with Gasteiger partial charge in [-0.25, -0.2) is 14.8 Å². The molecule has 1 N–H and O–H groups in total. The number of hydrogen-bond donors (Lipinski definition) is 1. The first-order chi connectivity index (χ1) is 13.5. The fourth-order valence-electron chi connectivity index (χ4n) is 3.71. The Morgan fingerprint density at radius 3 is 2.71 bits per heavy atom. The molecule has 1 aliphatic carbocycles. The lowest BCUT2D eigenvalue weighted by molar-refractivity contribution is 0.108. The predicted molar refractivity (Wildman–Crippen MR) is 110 cm³/mol. The van der Waals surface area contributed by atoms with Gasteiger partial charge in [-0.3, -0.25) is 0 Å². The van der Waals surface area contributed by atoms with Crippen molar-refractivity contribution in [2.45, 2.75) is 37.8 Å². The molecule has 8 heteroatoms. The van der Waals surface area contributed by atoms with E-state index in [1.807, 2.05) is 12.1 Å². The van der Waals surface area contributed by atoms with Crippen LogP contribution in [0.4, 0.5) is 4.79 Å². The van der Waals surface area contributed by atoms with Gasteiger partial charge in [-0.1, -0.05) is 0 Å². The Morgan fingerprint density at radius 2 is 2.00 bits per heavy atom. The lowest BCUT2D eigenvalue weighted by atomic mass is 9.92. The van der Waals surface area contributed by atoms with Crippen molar-refractivity contribution in [2.24, 2.45) is 0 Å². The summed E-state index contributed by atoms with van der Waals surface area (Å²) in [5.74, 6) is 1.09. The first-order valence-electron chi connectivity index (χ1n) is 9.45. The Hall–Kier alpha value is -2.45. The molecule has 0 atom stereocenters. The van der Waals surface area contributed by atoms with Crippen LogP contribution in [-0.4, -0.2) is 54.2 Å². The quantitative estimate of drug-likeness (QED) is 0.718. The normalized spacial score (nSPS) is 19.9. The molecule has 7 nitrogen and oxygen atoms in total. The highest BCUT2D eigenvalue weighted by Gasteiger charge is 2.25. The van der Waals surface area contributed by atoms with E-state index in [9.17, 15) is 4.79 Å². The third-order valence-corrected chi connectivity index (χ3v) is 6.35. The average molecular weight is 401 g/mol. The van der Waals surface area contributed by atoms with Gasteiger partial charge in [-0.2, -0.15) is 0 Å². The number of thiophene rings is 1. The maximum Gasteiger partial charge on any atom is 0.412 e. The van der Waals surface area contributed by atoms with E-state index in [1.54, 1.807) is 23.7 Å². The number of rotatable bonds is 4. The summed E-state index contributed by atoms with van der Waals surface area (Å²) in [5.41, 5.74) is 0. The molecular weight excluding hydrogens is 376 g/mol. The van der Waals surface area contributed by atoms with Crippen LogP contribution in [0.15, 0.2) is 24.5 Å². The Balaban J connectivity index is 1.64. The van der Waals surface area contributed by atoms with Gasteiger partial charge in [0.25, 0.3) is 0 Å². The van der Waals surface area contributed by atoms with Crippen LogP contribution >= 0.6 is 11.3 Å². The molecule has 0 radical (unpaired) electrons. The number of amides is 1. The van der Waals surface area contributed by atoms with E-state index in [1.165, 1.54) is 7.05 Å². The number of nitrogens with one attached hydrogen (secondary N) is 1. The van der Waals surface area contributed by atoms with E-state index in [0.29, 0.717) is 17.7 Å². The molecule has 0 saturated heterocycles. The Bertz CT molecular complexity index is 996. The van der Waals surface area contributed by atoms with Crippen LogP contribution in [-0.2, 0) is 0 Å². The molecule has 0 unspecified atom stereocenters. The Labute approximate surface area is 167 Å². The first-order valence-corrected chi connectivity index (χ1v) is 10.3. The molecule has 148 valence electrons. The van der Waals surface area contributed by atoms with Crippen LogP contribution in [0.25, 0.3) is 20.3 Å². The highest BCUT2D eigenvalue weighted by atomic mass is 32.1. The van der Waals surface area contributed by atoms with Gasteiger partial charge in [0.05, 0.1) is 5.39 Å². The Morgan fingerprint density at radius 1 is 1.21 bits per heavy atom. The van der Waals surface area contributed by atoms with Crippen LogP contribution < -0.4 is 14.8 Å². The number of carbonyl (C=O) groups excluding carboxylic acids is 1. The van der Waals surface area contributed by atoms with Gasteiger partial charge >= 0.3 is 6.09 Å². The summed E-state index contributed by atoms with van der Waals surface area (Å²) in [7, 11) is 5.80. The molecule has 3 aromatic rings. The third kappa shape index (κ3) is 3.74. The van der Waals surface area contributed by atoms with Crippen molar-refractivity contribution in [1.82, 2.24) is 20.2 Å². The van der Waals surface area contributed by atoms with E-state index >= 15 is 0 Å². The van der Waals surface area contributed by atoms with Crippen LogP contribution in [0, 0.1) is 0 Å². The van der Waals surface area contributed by atoms with Gasteiger partial charge in [-0.05, 0) is 58.0 Å². The fourth-order valence-corrected chi connectivity index (χ4v) is 4.72. The van der Waals surface area contributed by atoms with Crippen LogP contribution in [0.3, 0.4) is 0 Å². The highest BCUT2D eigenvalue weighted by Crippen LogP contribution is 2.39. The van der Waals surface area contributed by atoms with Gasteiger partial charge in [0, 0.05) is 23.2 Å². The van der Waals surface area contributed by atoms with Crippen molar-refractivity contribution in [3.05, 3.63) is 24.5 Å². The number of benzene rings is 1. The Kier molecular flexibility index (Phi) is 5.32. The second-order valence-corrected chi connectivity index (χ2v) is 8.30. The molecule has 4 rings (SSSR count). The monoisotopic (exact) mass is 400 g/mol. The summed E-state index contributed by atoms with van der Waals surface area (Å²) in [6, 6.07) is 6.19. The number of fused-ring (bicyclic) bond motifs is 3. The minimum absolute atomic E-state index is 0.162. The van der Waals surface area contributed by atoms with E-state index in [4.69, 9.17) is 9.47 Å². The molecule has 1 aromatic carbocycles. The highest BCUT2D eigenvalue weighted by molar-refractivity contribution is 7.25. The van der Waals surface area contributed by atoms with E-state index in [0.717, 1.165) is 46.0 Å². The summed E-state index contributed by atoms with van der Waals surface area (Å²) in [6.45, 7) is 0. The largest absolute Gasteiger partial charge is 0.474 e. The van der Waals surface area contributed by atoms with E-state index in [2.05, 4.69) is 34.3 Å². The maximum atomic E-state index is 11.5. The molecule has 1 amide bonds. The average Bonchev–Trinajstić information content (AvgIpc) is 3.07. The van der Waals surface area contributed by atoms with Crippen LogP contribution in [0.5, 0.6) is 11.6 Å². The molecule has 1 fully saturated rings. The molecule has 2 heterocycles. The van der Waals surface area contributed by atoms with Gasteiger partial charge in [-0.15, -0.1) is 11.3 Å². The van der Waals surface area contributed by atoms with Crippen molar-refractivity contribution < 1.29 is 14.3 Å². The number of carbonyl (C=O) groups is 1. The molecule has 1 saturated carbocycles. The summed E-state index contributed by atoms with van der Waals surface area (Å²) in [6.07, 6.45) is 5.50. The summed E-state index contributed by atoms with van der Waals surface area (Å²) < 4.78 is 12.7. The molecular formula is C20H24N4O3S. The minimum atomic E-state index is -0.496. The van der Waals surface area contributed by atoms with Crippen LogP contribution in [0.1, 0.15) is 25.7 Å². The fraction of sp³-hybridized carbons (Fsp3) is 0.450. The van der Waals surface area contributed by atoms with Crippen LogP contribution in [0.2, 0.25) is 0 Å². The lowest BCUT2D eigenvalue weighted by Gasteiger charge is -2.32. The zero-order valence-electron chi connectivity index (χ0n) is 16.3. The van der Waals surface area contributed by atoms with Crippen molar-refractivity contribution in [3.8, 4) is 11.6 Å². The lowest BCUT2D eigenvalue weighted by Crippen LogP contribution is -2.35. The molecule has 1 aliphatic rings. The molecule has 0 spiro atoms. The minimum Gasteiger partial charge on any atom is -0.474 e. The molecule has 28 heavy (non-hydrogen) atoms. The maximum absolute atomic E-state index is 11.5. The summed E-state index contributed by atoms with van der Waals surface area (Å²) >= 11 is 1.58. The van der Waals surface area contributed by atoms with E-state index < -0.39 is 6.09 Å². The van der Waals surface area contributed by atoms with Crippen molar-refractivity contribution in [1.29, 1.82) is 0 Å².